The van der Waals surface area contributed by atoms with Crippen molar-refractivity contribution < 1.29 is 9.53 Å². The van der Waals surface area contributed by atoms with E-state index in [0.29, 0.717) is 25.1 Å². The monoisotopic (exact) mass is 276 g/mol. The van der Waals surface area contributed by atoms with Crippen LogP contribution in [0.3, 0.4) is 0 Å². The van der Waals surface area contributed by atoms with Gasteiger partial charge in [0, 0.05) is 24.0 Å². The van der Waals surface area contributed by atoms with Crippen LogP contribution in [-0.2, 0) is 9.53 Å². The highest BCUT2D eigenvalue weighted by Crippen LogP contribution is 2.20. The number of anilines is 1. The Morgan fingerprint density at radius 3 is 2.70 bits per heavy atom. The van der Waals surface area contributed by atoms with Gasteiger partial charge in [0.25, 0.3) is 5.91 Å². The van der Waals surface area contributed by atoms with Gasteiger partial charge in [0.05, 0.1) is 13.2 Å². The molecule has 0 radical (unpaired) electrons. The zero-order chi connectivity index (χ0) is 14.1. The summed E-state index contributed by atoms with van der Waals surface area (Å²) in [6.07, 6.45) is 1.75. The third-order valence-electron chi connectivity index (χ3n) is 3.54. The van der Waals surface area contributed by atoms with Gasteiger partial charge >= 0.3 is 0 Å². The van der Waals surface area contributed by atoms with Gasteiger partial charge in [-0.05, 0) is 32.8 Å². The normalized spacial score (nSPS) is 22.7. The van der Waals surface area contributed by atoms with Gasteiger partial charge < -0.3 is 15.0 Å². The van der Waals surface area contributed by atoms with E-state index < -0.39 is 6.10 Å². The van der Waals surface area contributed by atoms with E-state index in [1.54, 1.807) is 0 Å². The summed E-state index contributed by atoms with van der Waals surface area (Å²) >= 11 is 0. The predicted octanol–water partition coefficient (Wildman–Crippen LogP) is 0.577. The summed E-state index contributed by atoms with van der Waals surface area (Å²) in [5.74, 6) is 0.677. The number of rotatable bonds is 3. The molecule has 1 saturated heterocycles. The number of hydrogen-bond donors (Lipinski definition) is 1. The average molecular weight is 276 g/mol. The summed E-state index contributed by atoms with van der Waals surface area (Å²) in [6.45, 7) is 5.67. The molecule has 1 saturated carbocycles. The van der Waals surface area contributed by atoms with E-state index in [0.717, 1.165) is 30.8 Å². The fourth-order valence-electron chi connectivity index (χ4n) is 2.36. The number of carbonyl (C=O) groups is 1. The molecule has 2 heterocycles. The number of morpholine rings is 1. The van der Waals surface area contributed by atoms with Crippen LogP contribution in [0.5, 0.6) is 0 Å². The van der Waals surface area contributed by atoms with Gasteiger partial charge in [-0.3, -0.25) is 4.79 Å². The molecule has 3 rings (SSSR count). The fourth-order valence-corrected chi connectivity index (χ4v) is 2.36. The summed E-state index contributed by atoms with van der Waals surface area (Å²) in [5, 5.41) is 2.99. The summed E-state index contributed by atoms with van der Waals surface area (Å²) in [5.41, 5.74) is 1.89. The number of hydrogen-bond acceptors (Lipinski definition) is 5. The van der Waals surface area contributed by atoms with E-state index in [2.05, 4.69) is 15.3 Å². The van der Waals surface area contributed by atoms with Crippen molar-refractivity contribution in [1.29, 1.82) is 0 Å². The van der Waals surface area contributed by atoms with Crippen LogP contribution in [0, 0.1) is 13.8 Å². The molecule has 1 aliphatic carbocycles. The molecule has 1 N–H and O–H groups in total. The van der Waals surface area contributed by atoms with Crippen molar-refractivity contribution in [2.75, 3.05) is 24.6 Å². The standard InChI is InChI=1S/C14H20N4O2/c1-9-7-10(2)16-14(15-9)18-5-6-20-12(8-18)13(19)17-11-3-4-11/h7,11-12H,3-6,8H2,1-2H3,(H,17,19). The third-order valence-corrected chi connectivity index (χ3v) is 3.54. The predicted molar refractivity (Wildman–Crippen MR) is 74.6 cm³/mol. The Morgan fingerprint density at radius 2 is 2.05 bits per heavy atom. The first kappa shape index (κ1) is 13.3. The van der Waals surface area contributed by atoms with Crippen LogP contribution in [0.15, 0.2) is 6.07 Å². The van der Waals surface area contributed by atoms with E-state index in [1.165, 1.54) is 0 Å². The van der Waals surface area contributed by atoms with Crippen LogP contribution in [0.1, 0.15) is 24.2 Å². The molecule has 2 fully saturated rings. The number of amides is 1. The Bertz CT molecular complexity index is 496. The van der Waals surface area contributed by atoms with E-state index in [-0.39, 0.29) is 5.91 Å². The first-order valence-electron chi connectivity index (χ1n) is 7.11. The van der Waals surface area contributed by atoms with Crippen molar-refractivity contribution in [3.8, 4) is 0 Å². The number of aromatic nitrogens is 2. The molecular weight excluding hydrogens is 256 g/mol. The molecule has 1 unspecified atom stereocenters. The summed E-state index contributed by atoms with van der Waals surface area (Å²) in [4.78, 5) is 23.0. The minimum Gasteiger partial charge on any atom is -0.365 e. The second-order valence-electron chi connectivity index (χ2n) is 5.54. The lowest BCUT2D eigenvalue weighted by molar-refractivity contribution is -0.133. The van der Waals surface area contributed by atoms with Crippen LogP contribution < -0.4 is 10.2 Å². The van der Waals surface area contributed by atoms with Gasteiger partial charge in [-0.1, -0.05) is 0 Å². The first-order chi connectivity index (χ1) is 9.61. The fraction of sp³-hybridized carbons (Fsp3) is 0.643. The third kappa shape index (κ3) is 3.07. The molecular formula is C14H20N4O2. The Morgan fingerprint density at radius 1 is 1.35 bits per heavy atom. The number of carbonyl (C=O) groups excluding carboxylic acids is 1. The van der Waals surface area contributed by atoms with Crippen molar-refractivity contribution >= 4 is 11.9 Å². The number of aryl methyl sites for hydroxylation is 2. The minimum absolute atomic E-state index is 0.0124. The molecule has 1 aromatic heterocycles. The van der Waals surface area contributed by atoms with Crippen LogP contribution >= 0.6 is 0 Å². The van der Waals surface area contributed by atoms with Crippen molar-refractivity contribution in [3.05, 3.63) is 17.5 Å². The maximum Gasteiger partial charge on any atom is 0.251 e. The molecule has 2 aliphatic rings. The zero-order valence-electron chi connectivity index (χ0n) is 11.9. The first-order valence-corrected chi connectivity index (χ1v) is 7.11. The van der Waals surface area contributed by atoms with Gasteiger partial charge in [-0.25, -0.2) is 9.97 Å². The zero-order valence-corrected chi connectivity index (χ0v) is 11.9. The Balaban J connectivity index is 1.68. The molecule has 108 valence electrons. The van der Waals surface area contributed by atoms with Gasteiger partial charge in [-0.2, -0.15) is 0 Å². The Hall–Kier alpha value is -1.69. The second-order valence-corrected chi connectivity index (χ2v) is 5.54. The molecule has 20 heavy (non-hydrogen) atoms. The van der Waals surface area contributed by atoms with Crippen molar-refractivity contribution in [3.63, 3.8) is 0 Å². The number of nitrogens with one attached hydrogen (secondary N) is 1. The molecule has 1 aliphatic heterocycles. The summed E-state index contributed by atoms with van der Waals surface area (Å²) in [7, 11) is 0. The summed E-state index contributed by atoms with van der Waals surface area (Å²) in [6, 6.07) is 2.31. The van der Waals surface area contributed by atoms with Crippen LogP contribution in [0.2, 0.25) is 0 Å². The van der Waals surface area contributed by atoms with Crippen molar-refractivity contribution in [1.82, 2.24) is 15.3 Å². The second kappa shape index (κ2) is 5.36. The van der Waals surface area contributed by atoms with E-state index >= 15 is 0 Å². The van der Waals surface area contributed by atoms with Crippen molar-refractivity contribution in [2.24, 2.45) is 0 Å². The molecule has 1 amide bonds. The molecule has 1 aromatic rings. The maximum atomic E-state index is 12.1. The largest absolute Gasteiger partial charge is 0.365 e. The Kier molecular flexibility index (Phi) is 3.56. The molecule has 0 bridgehead atoms. The molecule has 0 spiro atoms. The van der Waals surface area contributed by atoms with Gasteiger partial charge in [-0.15, -0.1) is 0 Å². The lowest BCUT2D eigenvalue weighted by atomic mass is 10.2. The summed E-state index contributed by atoms with van der Waals surface area (Å²) < 4.78 is 5.57. The van der Waals surface area contributed by atoms with Crippen LogP contribution in [0.25, 0.3) is 0 Å². The van der Waals surface area contributed by atoms with Crippen LogP contribution in [-0.4, -0.2) is 47.7 Å². The van der Waals surface area contributed by atoms with Gasteiger partial charge in [0.1, 0.15) is 0 Å². The van der Waals surface area contributed by atoms with Gasteiger partial charge in [0.15, 0.2) is 6.10 Å². The highest BCUT2D eigenvalue weighted by atomic mass is 16.5. The topological polar surface area (TPSA) is 67.4 Å². The van der Waals surface area contributed by atoms with Crippen molar-refractivity contribution in [2.45, 2.75) is 38.8 Å². The quantitative estimate of drug-likeness (QED) is 0.874. The molecule has 6 nitrogen and oxygen atoms in total. The Labute approximate surface area is 118 Å². The average Bonchev–Trinajstić information content (AvgIpc) is 3.22. The van der Waals surface area contributed by atoms with E-state index in [9.17, 15) is 4.79 Å². The maximum absolute atomic E-state index is 12.1. The molecule has 0 aromatic carbocycles. The number of nitrogens with zero attached hydrogens (tertiary/aromatic N) is 3. The minimum atomic E-state index is -0.422. The van der Waals surface area contributed by atoms with E-state index in [4.69, 9.17) is 4.74 Å². The smallest absolute Gasteiger partial charge is 0.251 e. The highest BCUT2D eigenvalue weighted by molar-refractivity contribution is 5.82. The lowest BCUT2D eigenvalue weighted by Crippen LogP contribution is -2.50. The van der Waals surface area contributed by atoms with Crippen LogP contribution in [0.4, 0.5) is 5.95 Å². The lowest BCUT2D eigenvalue weighted by Gasteiger charge is -2.32. The van der Waals surface area contributed by atoms with E-state index in [1.807, 2.05) is 24.8 Å². The highest BCUT2D eigenvalue weighted by Gasteiger charge is 2.32. The molecule has 6 heteroatoms. The SMILES string of the molecule is Cc1cc(C)nc(N2CCOC(C(=O)NC3CC3)C2)n1. The molecule has 1 atom stereocenters. The van der Waals surface area contributed by atoms with Gasteiger partial charge in [0.2, 0.25) is 5.95 Å². The number of ether oxygens (including phenoxy) is 1.